The average Bonchev–Trinajstić information content (AvgIpc) is 2.68. The fourth-order valence-electron chi connectivity index (χ4n) is 3.59. The molecule has 3 heteroatoms. The SMILES string of the molecule is CC(C)(CCC/C=C/CCCO)[Si](O)(c1ccccc1)c1ccccc1. The minimum Gasteiger partial charge on any atom is -0.424 e. The Balaban J connectivity index is 2.18. The molecule has 0 aliphatic heterocycles. The molecule has 0 amide bonds. The summed E-state index contributed by atoms with van der Waals surface area (Å²) >= 11 is 0. The van der Waals surface area contributed by atoms with Crippen molar-refractivity contribution in [1.29, 1.82) is 0 Å². The van der Waals surface area contributed by atoms with Crippen LogP contribution in [0.3, 0.4) is 0 Å². The summed E-state index contributed by atoms with van der Waals surface area (Å²) in [5.74, 6) is 0. The lowest BCUT2D eigenvalue weighted by Crippen LogP contribution is -2.65. The van der Waals surface area contributed by atoms with Crippen LogP contribution in [0, 0.1) is 0 Å². The van der Waals surface area contributed by atoms with E-state index in [1.54, 1.807) is 0 Å². The summed E-state index contributed by atoms with van der Waals surface area (Å²) in [7, 11) is -2.87. The lowest BCUT2D eigenvalue weighted by Gasteiger charge is -2.41. The summed E-state index contributed by atoms with van der Waals surface area (Å²) in [6.07, 6.45) is 9.17. The molecule has 0 aliphatic rings. The van der Waals surface area contributed by atoms with Crippen molar-refractivity contribution in [3.05, 3.63) is 72.8 Å². The number of hydrogen-bond donors (Lipinski definition) is 2. The lowest BCUT2D eigenvalue weighted by atomic mass is 10.0. The van der Waals surface area contributed by atoms with E-state index >= 15 is 0 Å². The number of aliphatic hydroxyl groups excluding tert-OH is 1. The second-order valence-corrected chi connectivity index (χ2v) is 11.5. The van der Waals surface area contributed by atoms with E-state index in [4.69, 9.17) is 5.11 Å². The first kappa shape index (κ1) is 20.6. The lowest BCUT2D eigenvalue weighted by molar-refractivity contribution is 0.289. The van der Waals surface area contributed by atoms with Gasteiger partial charge >= 0.3 is 0 Å². The number of hydrogen-bond acceptors (Lipinski definition) is 2. The topological polar surface area (TPSA) is 40.5 Å². The molecule has 2 rings (SSSR count). The molecule has 0 saturated heterocycles. The van der Waals surface area contributed by atoms with Gasteiger partial charge in [0.05, 0.1) is 0 Å². The summed E-state index contributed by atoms with van der Waals surface area (Å²) < 4.78 is 0. The molecular formula is C23H32O2Si. The highest BCUT2D eigenvalue weighted by Gasteiger charge is 2.49. The third-order valence-electron chi connectivity index (χ3n) is 5.23. The first-order chi connectivity index (χ1) is 12.5. The zero-order valence-electron chi connectivity index (χ0n) is 16.1. The maximum Gasteiger partial charge on any atom is 0.258 e. The van der Waals surface area contributed by atoms with Crippen LogP contribution < -0.4 is 10.4 Å². The molecule has 0 aliphatic carbocycles. The summed E-state index contributed by atoms with van der Waals surface area (Å²) in [6.45, 7) is 4.69. The zero-order chi connectivity index (χ0) is 18.9. The van der Waals surface area contributed by atoms with Crippen molar-refractivity contribution in [3.8, 4) is 0 Å². The van der Waals surface area contributed by atoms with Gasteiger partial charge in [0.25, 0.3) is 8.32 Å². The van der Waals surface area contributed by atoms with Gasteiger partial charge in [0.2, 0.25) is 0 Å². The quantitative estimate of drug-likeness (QED) is 0.378. The Morgan fingerprint density at radius 3 is 1.73 bits per heavy atom. The number of allylic oxidation sites excluding steroid dienone is 2. The second kappa shape index (κ2) is 9.86. The second-order valence-electron chi connectivity index (χ2n) is 7.56. The van der Waals surface area contributed by atoms with E-state index in [0.717, 1.165) is 42.5 Å². The van der Waals surface area contributed by atoms with Gasteiger partial charge in [-0.25, -0.2) is 0 Å². The summed E-state index contributed by atoms with van der Waals surface area (Å²) in [4.78, 5) is 12.0. The van der Waals surface area contributed by atoms with Crippen molar-refractivity contribution in [2.24, 2.45) is 0 Å². The van der Waals surface area contributed by atoms with E-state index in [-0.39, 0.29) is 11.6 Å². The van der Waals surface area contributed by atoms with Gasteiger partial charge in [-0.05, 0) is 47.5 Å². The van der Waals surface area contributed by atoms with Gasteiger partial charge < -0.3 is 9.90 Å². The predicted octanol–water partition coefficient (Wildman–Crippen LogP) is 4.02. The van der Waals surface area contributed by atoms with Crippen molar-refractivity contribution in [1.82, 2.24) is 0 Å². The summed E-state index contributed by atoms with van der Waals surface area (Å²) in [5.41, 5.74) is 0. The largest absolute Gasteiger partial charge is 0.424 e. The van der Waals surface area contributed by atoms with Crippen LogP contribution in [-0.2, 0) is 0 Å². The highest BCUT2D eigenvalue weighted by Crippen LogP contribution is 2.40. The van der Waals surface area contributed by atoms with Gasteiger partial charge in [0.15, 0.2) is 0 Å². The third-order valence-corrected chi connectivity index (χ3v) is 9.78. The molecule has 2 nitrogen and oxygen atoms in total. The van der Waals surface area contributed by atoms with Crippen molar-refractivity contribution in [2.75, 3.05) is 6.61 Å². The van der Waals surface area contributed by atoms with E-state index in [2.05, 4.69) is 50.3 Å². The molecule has 0 aromatic heterocycles. The number of benzene rings is 2. The molecule has 140 valence electrons. The minimum atomic E-state index is -2.87. The minimum absolute atomic E-state index is 0.172. The Hall–Kier alpha value is -1.68. The van der Waals surface area contributed by atoms with E-state index in [0.29, 0.717) is 0 Å². The highest BCUT2D eigenvalue weighted by molar-refractivity contribution is 6.98. The maximum absolute atomic E-state index is 12.0. The fraction of sp³-hybridized carbons (Fsp3) is 0.391. The van der Waals surface area contributed by atoms with E-state index in [1.165, 1.54) is 0 Å². The summed E-state index contributed by atoms with van der Waals surface area (Å²) in [5, 5.41) is 10.8. The Kier molecular flexibility index (Phi) is 7.82. The molecular weight excluding hydrogens is 336 g/mol. The van der Waals surface area contributed by atoms with Crippen molar-refractivity contribution in [2.45, 2.75) is 51.0 Å². The predicted molar refractivity (Wildman–Crippen MR) is 113 cm³/mol. The molecule has 0 fully saturated rings. The van der Waals surface area contributed by atoms with Crippen molar-refractivity contribution in [3.63, 3.8) is 0 Å². The monoisotopic (exact) mass is 368 g/mol. The van der Waals surface area contributed by atoms with Crippen LogP contribution in [0.4, 0.5) is 0 Å². The first-order valence-electron chi connectivity index (χ1n) is 9.61. The van der Waals surface area contributed by atoms with Crippen LogP contribution in [0.1, 0.15) is 46.0 Å². The van der Waals surface area contributed by atoms with Crippen molar-refractivity contribution < 1.29 is 9.90 Å². The molecule has 0 heterocycles. The molecule has 26 heavy (non-hydrogen) atoms. The van der Waals surface area contributed by atoms with Crippen LogP contribution in [0.5, 0.6) is 0 Å². The van der Waals surface area contributed by atoms with Crippen LogP contribution >= 0.6 is 0 Å². The maximum atomic E-state index is 12.0. The Bertz CT molecular complexity index is 626. The van der Waals surface area contributed by atoms with Crippen LogP contribution in [0.25, 0.3) is 0 Å². The van der Waals surface area contributed by atoms with E-state index in [9.17, 15) is 4.80 Å². The molecule has 2 aromatic rings. The van der Waals surface area contributed by atoms with E-state index < -0.39 is 8.32 Å². The Labute approximate surface area is 159 Å². The number of aliphatic hydroxyl groups is 1. The highest BCUT2D eigenvalue weighted by atomic mass is 28.4. The molecule has 2 N–H and O–H groups in total. The molecule has 0 atom stereocenters. The molecule has 0 radical (unpaired) electrons. The summed E-state index contributed by atoms with van der Waals surface area (Å²) in [6, 6.07) is 20.4. The van der Waals surface area contributed by atoms with Gasteiger partial charge in [0.1, 0.15) is 0 Å². The van der Waals surface area contributed by atoms with Crippen molar-refractivity contribution >= 4 is 18.7 Å². The third kappa shape index (κ3) is 4.94. The smallest absolute Gasteiger partial charge is 0.258 e. The zero-order valence-corrected chi connectivity index (χ0v) is 17.1. The van der Waals surface area contributed by atoms with Gasteiger partial charge in [-0.2, -0.15) is 0 Å². The Morgan fingerprint density at radius 1 is 0.808 bits per heavy atom. The molecule has 0 unspecified atom stereocenters. The van der Waals surface area contributed by atoms with Crippen LogP contribution in [0.15, 0.2) is 72.8 Å². The molecule has 0 saturated carbocycles. The fourth-order valence-corrected chi connectivity index (χ4v) is 7.38. The molecule has 0 bridgehead atoms. The van der Waals surface area contributed by atoms with Crippen LogP contribution in [-0.4, -0.2) is 24.8 Å². The number of unbranched alkanes of at least 4 members (excludes halogenated alkanes) is 2. The molecule has 2 aromatic carbocycles. The van der Waals surface area contributed by atoms with Gasteiger partial charge in [-0.1, -0.05) is 86.7 Å². The normalized spacial score (nSPS) is 12.6. The van der Waals surface area contributed by atoms with E-state index in [1.807, 2.05) is 36.4 Å². The first-order valence-corrected chi connectivity index (χ1v) is 11.6. The van der Waals surface area contributed by atoms with Gasteiger partial charge in [0, 0.05) is 6.61 Å². The van der Waals surface area contributed by atoms with Gasteiger partial charge in [-0.3, -0.25) is 0 Å². The standard InChI is InChI=1S/C23H32O2Si/c1-23(2,19-13-5-3-4-6-14-20-24)26(25,21-15-9-7-10-16-21)22-17-11-8-12-18-22/h3-4,7-12,15-18,24-25H,5-6,13-14,19-20H2,1-2H3/b4-3+. The molecule has 0 spiro atoms. The van der Waals surface area contributed by atoms with Gasteiger partial charge in [-0.15, -0.1) is 0 Å². The van der Waals surface area contributed by atoms with Crippen LogP contribution in [0.2, 0.25) is 5.04 Å². The average molecular weight is 369 g/mol. The number of rotatable bonds is 10. The Morgan fingerprint density at radius 2 is 1.27 bits per heavy atom.